The summed E-state index contributed by atoms with van der Waals surface area (Å²) in [6.07, 6.45) is 7.16. The normalized spacial score (nSPS) is 17.7. The lowest BCUT2D eigenvalue weighted by molar-refractivity contribution is 0.142. The lowest BCUT2D eigenvalue weighted by atomic mass is 9.95. The molecule has 0 radical (unpaired) electrons. The molecule has 22 heavy (non-hydrogen) atoms. The van der Waals surface area contributed by atoms with Gasteiger partial charge >= 0.3 is 0 Å². The van der Waals surface area contributed by atoms with Gasteiger partial charge in [-0.3, -0.25) is 9.36 Å². The number of benzene rings is 1. The van der Waals surface area contributed by atoms with E-state index in [9.17, 15) is 9.90 Å². The van der Waals surface area contributed by atoms with Crippen molar-refractivity contribution in [3.05, 3.63) is 40.9 Å². The fourth-order valence-electron chi connectivity index (χ4n) is 3.14. The monoisotopic (exact) mass is 301 g/mol. The standard InChI is InChI=1S/C17H23N3O2/c21-14(10-18-13-6-2-1-3-7-13)11-20-12-19-16-9-5-4-8-15(16)17(20)22/h4-5,8-9,12-14,18,21H,1-3,6-7,10-11H2/t14-/m1/s1. The Hall–Kier alpha value is -1.72. The highest BCUT2D eigenvalue weighted by Gasteiger charge is 2.15. The first-order chi connectivity index (χ1) is 10.7. The van der Waals surface area contributed by atoms with Gasteiger partial charge in [0.2, 0.25) is 0 Å². The minimum absolute atomic E-state index is 0.0951. The lowest BCUT2D eigenvalue weighted by Gasteiger charge is -2.24. The topological polar surface area (TPSA) is 67.2 Å². The van der Waals surface area contributed by atoms with E-state index < -0.39 is 6.10 Å². The Morgan fingerprint density at radius 1 is 1.27 bits per heavy atom. The van der Waals surface area contributed by atoms with Gasteiger partial charge in [-0.15, -0.1) is 0 Å². The molecule has 2 N–H and O–H groups in total. The van der Waals surface area contributed by atoms with Crippen LogP contribution in [0.25, 0.3) is 10.9 Å². The number of nitrogens with one attached hydrogen (secondary N) is 1. The quantitative estimate of drug-likeness (QED) is 0.882. The second kappa shape index (κ2) is 7.03. The molecule has 5 nitrogen and oxygen atoms in total. The highest BCUT2D eigenvalue weighted by Crippen LogP contribution is 2.17. The number of aliphatic hydroxyl groups excluding tert-OH is 1. The van der Waals surface area contributed by atoms with Crippen molar-refractivity contribution in [2.45, 2.75) is 50.8 Å². The van der Waals surface area contributed by atoms with Crippen LogP contribution in [0.5, 0.6) is 0 Å². The SMILES string of the molecule is O=c1c2ccccc2ncn1C[C@H](O)CNC1CCCCC1. The van der Waals surface area contributed by atoms with Crippen molar-refractivity contribution < 1.29 is 5.11 Å². The number of fused-ring (bicyclic) bond motifs is 1. The van der Waals surface area contributed by atoms with Gasteiger partial charge in [-0.25, -0.2) is 4.98 Å². The number of aliphatic hydroxyl groups is 1. The van der Waals surface area contributed by atoms with Gasteiger partial charge in [0.25, 0.3) is 5.56 Å². The molecule has 0 spiro atoms. The Bertz CT molecular complexity index is 677. The average molecular weight is 301 g/mol. The molecule has 5 heteroatoms. The summed E-state index contributed by atoms with van der Waals surface area (Å²) >= 11 is 0. The van der Waals surface area contributed by atoms with Gasteiger partial charge in [-0.2, -0.15) is 0 Å². The second-order valence-electron chi connectivity index (χ2n) is 6.12. The third kappa shape index (κ3) is 3.54. The summed E-state index contributed by atoms with van der Waals surface area (Å²) in [6, 6.07) is 7.80. The summed E-state index contributed by atoms with van der Waals surface area (Å²) in [6.45, 7) is 0.792. The van der Waals surface area contributed by atoms with Gasteiger partial charge in [-0.05, 0) is 25.0 Å². The van der Waals surface area contributed by atoms with Gasteiger partial charge in [0, 0.05) is 12.6 Å². The Kier molecular flexibility index (Phi) is 4.85. The zero-order chi connectivity index (χ0) is 15.4. The van der Waals surface area contributed by atoms with E-state index in [4.69, 9.17) is 0 Å². The highest BCUT2D eigenvalue weighted by molar-refractivity contribution is 5.76. The Balaban J connectivity index is 1.62. The van der Waals surface area contributed by atoms with Crippen LogP contribution in [-0.4, -0.2) is 33.3 Å². The maximum Gasteiger partial charge on any atom is 0.261 e. The molecule has 0 bridgehead atoms. The Labute approximate surface area is 130 Å². The summed E-state index contributed by atoms with van der Waals surface area (Å²) in [7, 11) is 0. The van der Waals surface area contributed by atoms with Crippen molar-refractivity contribution in [1.29, 1.82) is 0 Å². The molecular weight excluding hydrogens is 278 g/mol. The molecule has 1 atom stereocenters. The summed E-state index contributed by atoms with van der Waals surface area (Å²) in [5, 5.41) is 14.2. The molecule has 1 heterocycles. The predicted octanol–water partition coefficient (Wildman–Crippen LogP) is 1.68. The van der Waals surface area contributed by atoms with Crippen LogP contribution in [0.15, 0.2) is 35.4 Å². The maximum atomic E-state index is 12.4. The second-order valence-corrected chi connectivity index (χ2v) is 6.12. The number of aromatic nitrogens is 2. The molecule has 1 aliphatic rings. The van der Waals surface area contributed by atoms with E-state index in [0.717, 1.165) is 0 Å². The molecule has 1 aromatic carbocycles. The Morgan fingerprint density at radius 2 is 2.05 bits per heavy atom. The molecule has 0 aliphatic heterocycles. The molecule has 1 fully saturated rings. The third-order valence-electron chi connectivity index (χ3n) is 4.39. The minimum Gasteiger partial charge on any atom is -0.390 e. The number of rotatable bonds is 5. The predicted molar refractivity (Wildman–Crippen MR) is 86.9 cm³/mol. The van der Waals surface area contributed by atoms with Crippen LogP contribution in [0, 0.1) is 0 Å². The van der Waals surface area contributed by atoms with E-state index in [2.05, 4.69) is 10.3 Å². The summed E-state index contributed by atoms with van der Waals surface area (Å²) in [5.41, 5.74) is 0.598. The minimum atomic E-state index is -0.581. The first-order valence-corrected chi connectivity index (χ1v) is 8.09. The number of hydrogen-bond donors (Lipinski definition) is 2. The zero-order valence-electron chi connectivity index (χ0n) is 12.7. The van der Waals surface area contributed by atoms with Gasteiger partial charge in [0.05, 0.1) is 29.9 Å². The summed E-state index contributed by atoms with van der Waals surface area (Å²) < 4.78 is 1.50. The van der Waals surface area contributed by atoms with Crippen LogP contribution < -0.4 is 10.9 Å². The van der Waals surface area contributed by atoms with E-state index >= 15 is 0 Å². The molecule has 0 unspecified atom stereocenters. The number of nitrogens with zero attached hydrogens (tertiary/aromatic N) is 2. The van der Waals surface area contributed by atoms with E-state index in [-0.39, 0.29) is 12.1 Å². The van der Waals surface area contributed by atoms with Crippen LogP contribution in [0.2, 0.25) is 0 Å². The molecule has 3 rings (SSSR count). The molecule has 1 aromatic heterocycles. The van der Waals surface area contributed by atoms with E-state index in [1.807, 2.05) is 18.2 Å². The van der Waals surface area contributed by atoms with Gasteiger partial charge in [0.15, 0.2) is 0 Å². The van der Waals surface area contributed by atoms with Gasteiger partial charge in [-0.1, -0.05) is 31.4 Å². The first-order valence-electron chi connectivity index (χ1n) is 8.09. The zero-order valence-corrected chi connectivity index (χ0v) is 12.7. The largest absolute Gasteiger partial charge is 0.390 e. The van der Waals surface area contributed by atoms with Gasteiger partial charge < -0.3 is 10.4 Å². The number of hydrogen-bond acceptors (Lipinski definition) is 4. The molecule has 0 amide bonds. The van der Waals surface area contributed by atoms with E-state index in [1.54, 1.807) is 6.07 Å². The van der Waals surface area contributed by atoms with Gasteiger partial charge in [0.1, 0.15) is 0 Å². The summed E-state index contributed by atoms with van der Waals surface area (Å²) in [4.78, 5) is 16.6. The smallest absolute Gasteiger partial charge is 0.261 e. The first kappa shape index (κ1) is 15.2. The van der Waals surface area contributed by atoms with Crippen molar-refractivity contribution in [1.82, 2.24) is 14.9 Å². The molecule has 0 saturated heterocycles. The molecule has 1 saturated carbocycles. The van der Waals surface area contributed by atoms with E-state index in [0.29, 0.717) is 23.5 Å². The van der Waals surface area contributed by atoms with Crippen molar-refractivity contribution in [2.75, 3.05) is 6.54 Å². The van der Waals surface area contributed by atoms with Crippen molar-refractivity contribution >= 4 is 10.9 Å². The summed E-state index contributed by atoms with van der Waals surface area (Å²) in [5.74, 6) is 0. The molecular formula is C17H23N3O2. The molecule has 2 aromatic rings. The average Bonchev–Trinajstić information content (AvgIpc) is 2.57. The van der Waals surface area contributed by atoms with Crippen molar-refractivity contribution in [3.8, 4) is 0 Å². The third-order valence-corrected chi connectivity index (χ3v) is 4.39. The maximum absolute atomic E-state index is 12.4. The van der Waals surface area contributed by atoms with Crippen molar-refractivity contribution in [3.63, 3.8) is 0 Å². The fraction of sp³-hybridized carbons (Fsp3) is 0.529. The fourth-order valence-corrected chi connectivity index (χ4v) is 3.14. The van der Waals surface area contributed by atoms with E-state index in [1.165, 1.54) is 43.0 Å². The van der Waals surface area contributed by atoms with Crippen LogP contribution in [-0.2, 0) is 6.54 Å². The lowest BCUT2D eigenvalue weighted by Crippen LogP contribution is -2.39. The molecule has 118 valence electrons. The highest BCUT2D eigenvalue weighted by atomic mass is 16.3. The number of para-hydroxylation sites is 1. The van der Waals surface area contributed by atoms with Crippen LogP contribution in [0.3, 0.4) is 0 Å². The van der Waals surface area contributed by atoms with Crippen molar-refractivity contribution in [2.24, 2.45) is 0 Å². The van der Waals surface area contributed by atoms with Crippen LogP contribution in [0.1, 0.15) is 32.1 Å². The Morgan fingerprint density at radius 3 is 2.86 bits per heavy atom. The van der Waals surface area contributed by atoms with Crippen LogP contribution in [0.4, 0.5) is 0 Å². The van der Waals surface area contributed by atoms with Crippen LogP contribution >= 0.6 is 0 Å². The molecule has 1 aliphatic carbocycles.